The van der Waals surface area contributed by atoms with Crippen LogP contribution in [-0.4, -0.2) is 31.8 Å². The summed E-state index contributed by atoms with van der Waals surface area (Å²) < 4.78 is 9.59. The highest BCUT2D eigenvalue weighted by atomic mass is 16.5. The second-order valence-electron chi connectivity index (χ2n) is 9.17. The van der Waals surface area contributed by atoms with Crippen LogP contribution in [0.4, 0.5) is 5.82 Å². The van der Waals surface area contributed by atoms with Gasteiger partial charge in [-0.3, -0.25) is 9.59 Å². The number of hydrogen-bond acceptors (Lipinski definition) is 5. The van der Waals surface area contributed by atoms with E-state index >= 15 is 0 Å². The number of carbonyl (C=O) groups is 1. The highest BCUT2D eigenvalue weighted by Gasteiger charge is 2.40. The quantitative estimate of drug-likeness (QED) is 0.601. The maximum Gasteiger partial charge on any atom is 0.309 e. The van der Waals surface area contributed by atoms with E-state index in [4.69, 9.17) is 9.84 Å². The van der Waals surface area contributed by atoms with Crippen LogP contribution in [0.25, 0.3) is 22.2 Å². The maximum absolute atomic E-state index is 13.3. The minimum absolute atomic E-state index is 0.170. The van der Waals surface area contributed by atoms with Crippen molar-refractivity contribution in [2.24, 2.45) is 13.0 Å². The molecule has 0 radical (unpaired) electrons. The summed E-state index contributed by atoms with van der Waals surface area (Å²) in [4.78, 5) is 29.2. The zero-order valence-electron chi connectivity index (χ0n) is 19.4. The summed E-state index contributed by atoms with van der Waals surface area (Å²) in [7, 11) is 1.94. The first kappa shape index (κ1) is 22.0. The molecule has 0 aliphatic heterocycles. The second kappa shape index (κ2) is 8.41. The Hall–Kier alpha value is -3.16. The van der Waals surface area contributed by atoms with Crippen molar-refractivity contribution in [2.45, 2.75) is 58.9 Å². The zero-order valence-corrected chi connectivity index (χ0v) is 19.4. The SMILES string of the molecule is CCC1(n2nc(-c3cn(C)c4cnc(NC(C)=O)cc34)cc(OCC(C)C)c2=O)CCC1. The molecule has 32 heavy (non-hydrogen) atoms. The van der Waals surface area contributed by atoms with Crippen molar-refractivity contribution in [1.29, 1.82) is 0 Å². The molecule has 1 aliphatic carbocycles. The fourth-order valence-corrected chi connectivity index (χ4v) is 4.32. The standard InChI is InChI=1S/C24H31N5O3/c1-6-24(8-7-9-24)29-23(31)21(32-14-15(2)3)11-19(27-29)18-13-28(5)20-12-25-22(10-17(18)20)26-16(4)30/h10-13,15H,6-9,14H2,1-5H3,(H,25,26,30). The molecule has 1 fully saturated rings. The average molecular weight is 438 g/mol. The number of fused-ring (bicyclic) bond motifs is 1. The monoisotopic (exact) mass is 437 g/mol. The Morgan fingerprint density at radius 2 is 2.06 bits per heavy atom. The molecular formula is C24H31N5O3. The molecule has 1 aliphatic rings. The minimum atomic E-state index is -0.253. The maximum atomic E-state index is 13.3. The molecule has 1 saturated carbocycles. The number of ether oxygens (including phenoxy) is 1. The molecule has 1 amide bonds. The average Bonchev–Trinajstić information content (AvgIpc) is 3.03. The molecule has 8 nitrogen and oxygen atoms in total. The van der Waals surface area contributed by atoms with Crippen LogP contribution in [0.5, 0.6) is 5.75 Å². The molecule has 0 bridgehead atoms. The molecular weight excluding hydrogens is 406 g/mol. The highest BCUT2D eigenvalue weighted by molar-refractivity contribution is 5.98. The summed E-state index contributed by atoms with van der Waals surface area (Å²) in [5.74, 6) is 0.926. The second-order valence-corrected chi connectivity index (χ2v) is 9.17. The summed E-state index contributed by atoms with van der Waals surface area (Å²) in [6.07, 6.45) is 7.53. The summed E-state index contributed by atoms with van der Waals surface area (Å²) in [6, 6.07) is 3.59. The number of aromatic nitrogens is 4. The third kappa shape index (κ3) is 3.89. The van der Waals surface area contributed by atoms with E-state index in [1.165, 1.54) is 6.92 Å². The van der Waals surface area contributed by atoms with Gasteiger partial charge in [-0.25, -0.2) is 9.67 Å². The van der Waals surface area contributed by atoms with Crippen LogP contribution in [0.15, 0.2) is 29.3 Å². The Balaban J connectivity index is 1.91. The van der Waals surface area contributed by atoms with Gasteiger partial charge in [0.25, 0.3) is 0 Å². The van der Waals surface area contributed by atoms with Crippen LogP contribution in [0.2, 0.25) is 0 Å². The molecule has 0 aromatic carbocycles. The molecule has 8 heteroatoms. The summed E-state index contributed by atoms with van der Waals surface area (Å²) in [5, 5.41) is 8.49. The van der Waals surface area contributed by atoms with Crippen LogP contribution in [0.3, 0.4) is 0 Å². The molecule has 0 saturated heterocycles. The largest absolute Gasteiger partial charge is 0.488 e. The predicted octanol–water partition coefficient (Wildman–Crippen LogP) is 4.08. The number of nitrogens with one attached hydrogen (secondary N) is 1. The molecule has 0 atom stereocenters. The van der Waals surface area contributed by atoms with E-state index in [1.54, 1.807) is 16.9 Å². The van der Waals surface area contributed by atoms with Gasteiger partial charge in [0.2, 0.25) is 5.91 Å². The van der Waals surface area contributed by atoms with Crippen molar-refractivity contribution in [3.8, 4) is 17.0 Å². The number of nitrogens with zero attached hydrogens (tertiary/aromatic N) is 4. The van der Waals surface area contributed by atoms with E-state index in [0.717, 1.165) is 42.1 Å². The van der Waals surface area contributed by atoms with Gasteiger partial charge in [0, 0.05) is 37.2 Å². The van der Waals surface area contributed by atoms with Gasteiger partial charge in [0.1, 0.15) is 5.82 Å². The van der Waals surface area contributed by atoms with Gasteiger partial charge in [0.05, 0.1) is 29.6 Å². The number of rotatable bonds is 7. The lowest BCUT2D eigenvalue weighted by Crippen LogP contribution is -2.47. The van der Waals surface area contributed by atoms with E-state index in [-0.39, 0.29) is 17.0 Å². The van der Waals surface area contributed by atoms with Crippen LogP contribution >= 0.6 is 0 Å². The normalized spacial score (nSPS) is 15.1. The van der Waals surface area contributed by atoms with E-state index < -0.39 is 0 Å². The van der Waals surface area contributed by atoms with Gasteiger partial charge >= 0.3 is 5.56 Å². The highest BCUT2D eigenvalue weighted by Crippen LogP contribution is 2.41. The fraction of sp³-hybridized carbons (Fsp3) is 0.500. The van der Waals surface area contributed by atoms with Gasteiger partial charge in [-0.2, -0.15) is 5.10 Å². The Morgan fingerprint density at radius 1 is 1.31 bits per heavy atom. The molecule has 3 aromatic rings. The van der Waals surface area contributed by atoms with Crippen molar-refractivity contribution in [2.75, 3.05) is 11.9 Å². The van der Waals surface area contributed by atoms with Gasteiger partial charge < -0.3 is 14.6 Å². The molecule has 1 N–H and O–H groups in total. The number of anilines is 1. The van der Waals surface area contributed by atoms with E-state index in [0.29, 0.717) is 29.8 Å². The first-order valence-corrected chi connectivity index (χ1v) is 11.2. The van der Waals surface area contributed by atoms with Crippen molar-refractivity contribution < 1.29 is 9.53 Å². The van der Waals surface area contributed by atoms with Gasteiger partial charge in [-0.15, -0.1) is 0 Å². The van der Waals surface area contributed by atoms with Gasteiger partial charge in [-0.05, 0) is 37.7 Å². The third-order valence-electron chi connectivity index (χ3n) is 6.30. The number of aryl methyl sites for hydroxylation is 1. The Bertz CT molecular complexity index is 1210. The molecule has 3 aromatic heterocycles. The topological polar surface area (TPSA) is 91.0 Å². The lowest BCUT2D eigenvalue weighted by atomic mass is 9.75. The number of hydrogen-bond donors (Lipinski definition) is 1. The molecule has 3 heterocycles. The Morgan fingerprint density at radius 3 is 2.66 bits per heavy atom. The van der Waals surface area contributed by atoms with Crippen LogP contribution in [-0.2, 0) is 17.4 Å². The lowest BCUT2D eigenvalue weighted by molar-refractivity contribution is -0.114. The Kier molecular flexibility index (Phi) is 5.79. The van der Waals surface area contributed by atoms with Crippen molar-refractivity contribution in [3.05, 3.63) is 34.9 Å². The summed E-state index contributed by atoms with van der Waals surface area (Å²) in [6.45, 7) is 8.14. The van der Waals surface area contributed by atoms with E-state index in [2.05, 4.69) is 31.1 Å². The molecule has 0 spiro atoms. The smallest absolute Gasteiger partial charge is 0.309 e. The summed E-state index contributed by atoms with van der Waals surface area (Å²) >= 11 is 0. The number of pyridine rings is 1. The first-order chi connectivity index (χ1) is 15.2. The number of carbonyl (C=O) groups excluding carboxylic acids is 1. The van der Waals surface area contributed by atoms with Gasteiger partial charge in [-0.1, -0.05) is 20.8 Å². The Labute approximate surface area is 187 Å². The summed E-state index contributed by atoms with van der Waals surface area (Å²) in [5.41, 5.74) is 2.03. The number of amides is 1. The fourth-order valence-electron chi connectivity index (χ4n) is 4.32. The van der Waals surface area contributed by atoms with Crippen molar-refractivity contribution in [1.82, 2.24) is 19.3 Å². The molecule has 0 unspecified atom stereocenters. The predicted molar refractivity (Wildman–Crippen MR) is 125 cm³/mol. The van der Waals surface area contributed by atoms with Crippen LogP contribution in [0.1, 0.15) is 53.4 Å². The molecule has 170 valence electrons. The van der Waals surface area contributed by atoms with Crippen LogP contribution < -0.4 is 15.6 Å². The lowest BCUT2D eigenvalue weighted by Gasteiger charge is -2.41. The van der Waals surface area contributed by atoms with Crippen molar-refractivity contribution in [3.63, 3.8) is 0 Å². The molecule has 4 rings (SSSR count). The van der Waals surface area contributed by atoms with Crippen LogP contribution in [0, 0.1) is 5.92 Å². The zero-order chi connectivity index (χ0) is 23.0. The third-order valence-corrected chi connectivity index (χ3v) is 6.30. The first-order valence-electron chi connectivity index (χ1n) is 11.2. The van der Waals surface area contributed by atoms with E-state index in [9.17, 15) is 9.59 Å². The van der Waals surface area contributed by atoms with Gasteiger partial charge in [0.15, 0.2) is 5.75 Å². The van der Waals surface area contributed by atoms with Crippen molar-refractivity contribution >= 4 is 22.6 Å². The minimum Gasteiger partial charge on any atom is -0.488 e. The van der Waals surface area contributed by atoms with E-state index in [1.807, 2.05) is 23.9 Å².